The lowest BCUT2D eigenvalue weighted by Crippen LogP contribution is -1.94. The fourth-order valence-corrected chi connectivity index (χ4v) is 4.25. The van der Waals surface area contributed by atoms with E-state index in [1.165, 1.54) is 35.2 Å². The Bertz CT molecular complexity index is 1290. The minimum Gasteiger partial charge on any atom is -0.431 e. The van der Waals surface area contributed by atoms with Gasteiger partial charge in [0.15, 0.2) is 11.4 Å². The number of fused-ring (bicyclic) bond motifs is 2. The molecule has 0 aliphatic carbocycles. The highest BCUT2D eigenvalue weighted by Gasteiger charge is 2.16. The van der Waals surface area contributed by atoms with Crippen LogP contribution in [0.15, 0.2) is 58.2 Å². The predicted octanol–water partition coefficient (Wildman–Crippen LogP) is 4.19. The highest BCUT2D eigenvalue weighted by Crippen LogP contribution is 2.30. The number of oxazole rings is 1. The number of benzene rings is 2. The summed E-state index contributed by atoms with van der Waals surface area (Å²) in [4.78, 5) is 15.6. The summed E-state index contributed by atoms with van der Waals surface area (Å²) in [7, 11) is 0. The normalized spacial score (nSPS) is 11.4. The first-order valence-corrected chi connectivity index (χ1v) is 9.92. The van der Waals surface area contributed by atoms with Crippen LogP contribution in [-0.4, -0.2) is 29.7 Å². The van der Waals surface area contributed by atoms with Crippen LogP contribution in [0, 0.1) is 10.1 Å². The summed E-state index contributed by atoms with van der Waals surface area (Å²) in [6.07, 6.45) is 0. The number of thioether (sulfide) groups is 1. The van der Waals surface area contributed by atoms with Gasteiger partial charge in [0.1, 0.15) is 10.5 Å². The van der Waals surface area contributed by atoms with E-state index < -0.39 is 4.92 Å². The number of nitro benzene ring substituents is 1. The van der Waals surface area contributed by atoms with E-state index in [1.54, 1.807) is 16.6 Å². The zero-order valence-electron chi connectivity index (χ0n) is 14.1. The van der Waals surface area contributed by atoms with Gasteiger partial charge in [-0.15, -0.1) is 10.2 Å². The molecule has 0 fully saturated rings. The molecule has 5 aromatic rings. The van der Waals surface area contributed by atoms with Gasteiger partial charge in [-0.25, -0.2) is 4.98 Å². The Balaban J connectivity index is 1.41. The van der Waals surface area contributed by atoms with Crippen LogP contribution in [0.4, 0.5) is 5.69 Å². The summed E-state index contributed by atoms with van der Waals surface area (Å²) >= 11 is 2.73. The van der Waals surface area contributed by atoms with E-state index in [4.69, 9.17) is 4.42 Å². The molecule has 0 saturated heterocycles. The summed E-state index contributed by atoms with van der Waals surface area (Å²) in [6.45, 7) is 0. The van der Waals surface area contributed by atoms with E-state index in [1.807, 2.05) is 24.3 Å². The molecule has 28 heavy (non-hydrogen) atoms. The van der Waals surface area contributed by atoms with Crippen molar-refractivity contribution in [3.63, 3.8) is 0 Å². The summed E-state index contributed by atoms with van der Waals surface area (Å²) < 4.78 is 7.35. The van der Waals surface area contributed by atoms with E-state index in [0.717, 1.165) is 11.1 Å². The Morgan fingerprint density at radius 1 is 1.18 bits per heavy atom. The molecule has 0 atom stereocenters. The van der Waals surface area contributed by atoms with Gasteiger partial charge in [-0.1, -0.05) is 47.4 Å². The van der Waals surface area contributed by atoms with Crippen molar-refractivity contribution in [2.45, 2.75) is 11.0 Å². The molecule has 3 aromatic heterocycles. The third-order valence-corrected chi connectivity index (χ3v) is 5.73. The molecule has 138 valence electrons. The maximum Gasteiger partial charge on any atom is 0.270 e. The lowest BCUT2D eigenvalue weighted by atomic mass is 10.2. The third-order valence-electron chi connectivity index (χ3n) is 3.96. The lowest BCUT2D eigenvalue weighted by molar-refractivity contribution is -0.384. The van der Waals surface area contributed by atoms with Gasteiger partial charge >= 0.3 is 0 Å². The fraction of sp³-hybridized carbons (Fsp3) is 0.0588. The van der Waals surface area contributed by atoms with Crippen LogP contribution in [0.3, 0.4) is 0 Å². The number of nitro groups is 1. The summed E-state index contributed by atoms with van der Waals surface area (Å²) in [6, 6.07) is 13.9. The molecular weight excluding hydrogens is 400 g/mol. The molecule has 5 rings (SSSR count). The smallest absolute Gasteiger partial charge is 0.270 e. The summed E-state index contributed by atoms with van der Waals surface area (Å²) in [5.41, 5.74) is 2.23. The van der Waals surface area contributed by atoms with E-state index in [9.17, 15) is 10.1 Å². The van der Waals surface area contributed by atoms with Crippen molar-refractivity contribution >= 4 is 44.8 Å². The van der Waals surface area contributed by atoms with Gasteiger partial charge in [0, 0.05) is 17.7 Å². The number of para-hydroxylation sites is 2. The van der Waals surface area contributed by atoms with Gasteiger partial charge in [0.25, 0.3) is 10.9 Å². The second kappa shape index (κ2) is 6.69. The summed E-state index contributed by atoms with van der Waals surface area (Å²) in [5, 5.41) is 25.0. The SMILES string of the molecule is O=[N+]([O-])c1cccc(-c2nn3c(CSc4nc5ccccc5o4)nnc3s2)c1. The number of hydrogen-bond acceptors (Lipinski definition) is 9. The highest BCUT2D eigenvalue weighted by atomic mass is 32.2. The number of hydrogen-bond donors (Lipinski definition) is 0. The quantitative estimate of drug-likeness (QED) is 0.241. The number of aromatic nitrogens is 5. The lowest BCUT2D eigenvalue weighted by Gasteiger charge is -1.96. The summed E-state index contributed by atoms with van der Waals surface area (Å²) in [5.74, 6) is 1.13. The monoisotopic (exact) mass is 410 g/mol. The molecule has 0 bridgehead atoms. The Labute approximate surface area is 165 Å². The average Bonchev–Trinajstić information content (AvgIpc) is 3.40. The van der Waals surface area contributed by atoms with Crippen molar-refractivity contribution in [2.75, 3.05) is 0 Å². The van der Waals surface area contributed by atoms with E-state index in [0.29, 0.717) is 32.3 Å². The van der Waals surface area contributed by atoms with E-state index in [-0.39, 0.29) is 5.69 Å². The second-order valence-electron chi connectivity index (χ2n) is 5.76. The van der Waals surface area contributed by atoms with Crippen molar-refractivity contribution in [2.24, 2.45) is 0 Å². The minimum absolute atomic E-state index is 0.0233. The van der Waals surface area contributed by atoms with Gasteiger partial charge in [0.05, 0.1) is 10.7 Å². The average molecular weight is 410 g/mol. The highest BCUT2D eigenvalue weighted by molar-refractivity contribution is 7.98. The maximum atomic E-state index is 11.0. The number of non-ortho nitro benzene ring substituents is 1. The molecule has 0 spiro atoms. The zero-order chi connectivity index (χ0) is 19.1. The van der Waals surface area contributed by atoms with Crippen molar-refractivity contribution < 1.29 is 9.34 Å². The zero-order valence-corrected chi connectivity index (χ0v) is 15.7. The van der Waals surface area contributed by atoms with Crippen molar-refractivity contribution in [3.8, 4) is 10.6 Å². The van der Waals surface area contributed by atoms with Crippen molar-refractivity contribution in [3.05, 3.63) is 64.5 Å². The first-order valence-electron chi connectivity index (χ1n) is 8.12. The van der Waals surface area contributed by atoms with Crippen LogP contribution in [0.25, 0.3) is 26.6 Å². The van der Waals surface area contributed by atoms with Gasteiger partial charge in [-0.2, -0.15) is 9.61 Å². The Morgan fingerprint density at radius 3 is 2.93 bits per heavy atom. The van der Waals surface area contributed by atoms with E-state index >= 15 is 0 Å². The molecule has 3 heterocycles. The molecule has 0 radical (unpaired) electrons. The minimum atomic E-state index is -0.424. The molecule has 11 heteroatoms. The Kier molecular flexibility index (Phi) is 4.02. The van der Waals surface area contributed by atoms with E-state index in [2.05, 4.69) is 20.3 Å². The fourth-order valence-electron chi connectivity index (χ4n) is 2.66. The van der Waals surface area contributed by atoms with Crippen LogP contribution in [0.2, 0.25) is 0 Å². The van der Waals surface area contributed by atoms with Crippen LogP contribution in [0.5, 0.6) is 0 Å². The second-order valence-corrected chi connectivity index (χ2v) is 7.64. The standard InChI is InChI=1S/C17H10N6O3S2/c24-23(25)11-5-3-4-10(8-11)15-21-22-14(19-20-16(22)28-15)9-27-17-18-12-6-1-2-7-13(12)26-17/h1-8H,9H2. The van der Waals surface area contributed by atoms with Crippen molar-refractivity contribution in [1.29, 1.82) is 0 Å². The van der Waals surface area contributed by atoms with Gasteiger partial charge in [-0.3, -0.25) is 10.1 Å². The number of rotatable bonds is 5. The molecule has 0 unspecified atom stereocenters. The molecule has 0 saturated carbocycles. The van der Waals surface area contributed by atoms with Crippen molar-refractivity contribution in [1.82, 2.24) is 24.8 Å². The molecule has 0 aliphatic rings. The maximum absolute atomic E-state index is 11.0. The number of nitrogens with zero attached hydrogens (tertiary/aromatic N) is 6. The first-order chi connectivity index (χ1) is 13.7. The molecule has 0 N–H and O–H groups in total. The van der Waals surface area contributed by atoms with Gasteiger partial charge in [0.2, 0.25) is 4.96 Å². The Morgan fingerprint density at radius 2 is 2.07 bits per heavy atom. The molecule has 2 aromatic carbocycles. The molecule has 0 amide bonds. The first kappa shape index (κ1) is 16.8. The topological polar surface area (TPSA) is 112 Å². The van der Waals surface area contributed by atoms with Crippen LogP contribution in [0.1, 0.15) is 5.82 Å². The van der Waals surface area contributed by atoms with Crippen LogP contribution >= 0.6 is 23.1 Å². The van der Waals surface area contributed by atoms with Crippen LogP contribution < -0.4 is 0 Å². The Hall–Kier alpha value is -3.31. The molecule has 9 nitrogen and oxygen atoms in total. The molecule has 0 aliphatic heterocycles. The van der Waals surface area contributed by atoms with Gasteiger partial charge in [-0.05, 0) is 12.1 Å². The van der Waals surface area contributed by atoms with Gasteiger partial charge < -0.3 is 4.42 Å². The third kappa shape index (κ3) is 3.00. The predicted molar refractivity (Wildman–Crippen MR) is 104 cm³/mol. The molecular formula is C17H10N6O3S2. The van der Waals surface area contributed by atoms with Crippen LogP contribution in [-0.2, 0) is 5.75 Å². The largest absolute Gasteiger partial charge is 0.431 e.